The van der Waals surface area contributed by atoms with Gasteiger partial charge in [0.05, 0.1) is 17.0 Å². The summed E-state index contributed by atoms with van der Waals surface area (Å²) < 4.78 is 13.4. The lowest BCUT2D eigenvalue weighted by Gasteiger charge is -2.21. The van der Waals surface area contributed by atoms with E-state index in [1.165, 1.54) is 29.2 Å². The fourth-order valence-corrected chi connectivity index (χ4v) is 4.56. The number of imide groups is 1. The summed E-state index contributed by atoms with van der Waals surface area (Å²) in [6.45, 7) is 0. The number of carbonyl (C=O) groups is 3. The molecule has 4 rings (SSSR count). The van der Waals surface area contributed by atoms with Crippen molar-refractivity contribution in [2.24, 2.45) is 0 Å². The van der Waals surface area contributed by atoms with Crippen molar-refractivity contribution in [1.29, 1.82) is 0 Å². The number of amides is 3. The Bertz CT molecular complexity index is 1100. The topological polar surface area (TPSA) is 57.7 Å². The molecule has 8 heteroatoms. The van der Waals surface area contributed by atoms with Crippen LogP contribution in [0, 0.1) is 5.82 Å². The molecule has 0 aliphatic carbocycles. The minimum atomic E-state index is -1.00. The molecule has 2 aromatic rings. The van der Waals surface area contributed by atoms with Crippen molar-refractivity contribution in [2.75, 3.05) is 4.90 Å². The second kappa shape index (κ2) is 8.33. The summed E-state index contributed by atoms with van der Waals surface area (Å²) in [5.41, 5.74) is 1.25. The van der Waals surface area contributed by atoms with Crippen LogP contribution in [0.2, 0.25) is 0 Å². The largest absolute Gasteiger partial charge is 0.280 e. The van der Waals surface area contributed by atoms with Crippen LogP contribution in [0.15, 0.2) is 71.7 Å². The molecule has 2 aliphatic rings. The van der Waals surface area contributed by atoms with Crippen molar-refractivity contribution < 1.29 is 18.8 Å². The smallest absolute Gasteiger partial charge is 0.266 e. The van der Waals surface area contributed by atoms with Crippen molar-refractivity contribution in [2.45, 2.75) is 12.5 Å². The van der Waals surface area contributed by atoms with E-state index in [1.54, 1.807) is 12.2 Å². The van der Waals surface area contributed by atoms with Crippen LogP contribution in [-0.2, 0) is 14.4 Å². The van der Waals surface area contributed by atoms with Crippen LogP contribution in [0.1, 0.15) is 12.0 Å². The Balaban J connectivity index is 1.53. The van der Waals surface area contributed by atoms with Gasteiger partial charge in [0, 0.05) is 0 Å². The second-order valence-corrected chi connectivity index (χ2v) is 8.28. The van der Waals surface area contributed by atoms with E-state index in [0.29, 0.717) is 4.91 Å². The van der Waals surface area contributed by atoms with Gasteiger partial charge in [0.25, 0.3) is 11.8 Å². The third-order valence-electron chi connectivity index (χ3n) is 4.68. The third-order valence-corrected chi connectivity index (χ3v) is 6.03. The molecule has 2 aliphatic heterocycles. The van der Waals surface area contributed by atoms with Gasteiger partial charge in [-0.3, -0.25) is 19.3 Å². The molecule has 2 heterocycles. The molecule has 2 aromatic carbocycles. The Kier molecular flexibility index (Phi) is 5.61. The quantitative estimate of drug-likeness (QED) is 0.412. The molecule has 0 aromatic heterocycles. The van der Waals surface area contributed by atoms with Crippen molar-refractivity contribution in [3.05, 3.63) is 83.0 Å². The number of carbonyl (C=O) groups excluding carboxylic acids is 3. The summed E-state index contributed by atoms with van der Waals surface area (Å²) in [6.07, 6.45) is 5.07. The highest BCUT2D eigenvalue weighted by atomic mass is 32.2. The summed E-state index contributed by atoms with van der Waals surface area (Å²) in [5.74, 6) is -1.89. The molecular weight excluding hydrogens is 423 g/mol. The summed E-state index contributed by atoms with van der Waals surface area (Å²) >= 11 is 6.40. The number of nitrogens with zero attached hydrogens (tertiary/aromatic N) is 2. The lowest BCUT2D eigenvalue weighted by molar-refractivity contribution is -0.130. The Hall–Kier alpha value is -3.10. The first-order chi connectivity index (χ1) is 14.5. The van der Waals surface area contributed by atoms with Gasteiger partial charge in [-0.25, -0.2) is 9.29 Å². The normalized spacial score (nSPS) is 21.0. The average molecular weight is 439 g/mol. The zero-order valence-electron chi connectivity index (χ0n) is 15.5. The number of benzene rings is 2. The van der Waals surface area contributed by atoms with Crippen molar-refractivity contribution >= 4 is 57.8 Å². The molecule has 150 valence electrons. The van der Waals surface area contributed by atoms with E-state index in [4.69, 9.17) is 12.2 Å². The molecule has 0 spiro atoms. The van der Waals surface area contributed by atoms with E-state index in [9.17, 15) is 18.8 Å². The first-order valence-corrected chi connectivity index (χ1v) is 10.3. The Morgan fingerprint density at radius 3 is 2.43 bits per heavy atom. The number of allylic oxidation sites excluding steroid dienone is 2. The maximum absolute atomic E-state index is 13.2. The summed E-state index contributed by atoms with van der Waals surface area (Å²) in [4.78, 5) is 40.8. The van der Waals surface area contributed by atoms with Gasteiger partial charge in [-0.2, -0.15) is 0 Å². The average Bonchev–Trinajstić information content (AvgIpc) is 3.18. The highest BCUT2D eigenvalue weighted by molar-refractivity contribution is 8.26. The van der Waals surface area contributed by atoms with E-state index < -0.39 is 29.6 Å². The highest BCUT2D eigenvalue weighted by Crippen LogP contribution is 2.36. The van der Waals surface area contributed by atoms with Crippen LogP contribution in [0.3, 0.4) is 0 Å². The number of thioether (sulfide) groups is 1. The molecule has 0 N–H and O–H groups in total. The van der Waals surface area contributed by atoms with Crippen LogP contribution in [0.4, 0.5) is 10.1 Å². The first-order valence-electron chi connectivity index (χ1n) is 9.07. The summed E-state index contributed by atoms with van der Waals surface area (Å²) in [6, 6.07) is 13.7. The summed E-state index contributed by atoms with van der Waals surface area (Å²) in [7, 11) is 0. The maximum atomic E-state index is 13.2. The molecule has 0 bridgehead atoms. The van der Waals surface area contributed by atoms with Crippen molar-refractivity contribution in [3.8, 4) is 0 Å². The molecule has 2 saturated heterocycles. The van der Waals surface area contributed by atoms with Gasteiger partial charge in [0.15, 0.2) is 0 Å². The highest BCUT2D eigenvalue weighted by Gasteiger charge is 2.48. The van der Waals surface area contributed by atoms with E-state index in [2.05, 4.69) is 0 Å². The zero-order valence-corrected chi connectivity index (χ0v) is 17.2. The van der Waals surface area contributed by atoms with Gasteiger partial charge in [-0.15, -0.1) is 0 Å². The van der Waals surface area contributed by atoms with Crippen molar-refractivity contribution in [1.82, 2.24) is 4.90 Å². The van der Waals surface area contributed by atoms with E-state index >= 15 is 0 Å². The van der Waals surface area contributed by atoms with Gasteiger partial charge in [0.2, 0.25) is 5.91 Å². The fourth-order valence-electron chi connectivity index (χ4n) is 3.25. The predicted molar refractivity (Wildman–Crippen MR) is 118 cm³/mol. The Labute approximate surface area is 181 Å². The van der Waals surface area contributed by atoms with Crippen LogP contribution < -0.4 is 4.90 Å². The van der Waals surface area contributed by atoms with Gasteiger partial charge >= 0.3 is 0 Å². The van der Waals surface area contributed by atoms with Crippen LogP contribution in [0.5, 0.6) is 0 Å². The minimum Gasteiger partial charge on any atom is -0.280 e. The number of thiocarbonyl (C=S) groups is 1. The monoisotopic (exact) mass is 438 g/mol. The molecule has 2 fully saturated rings. The standard InChI is InChI=1S/C22H15FN2O3S2/c23-15-9-11-16(12-10-15)24-19(26)13-17(20(24)27)25-21(28)18(30-22(25)29)8-4-7-14-5-2-1-3-6-14/h1-12,17H,13H2. The molecule has 0 radical (unpaired) electrons. The second-order valence-electron chi connectivity index (χ2n) is 6.61. The predicted octanol–water partition coefficient (Wildman–Crippen LogP) is 3.92. The van der Waals surface area contributed by atoms with Crippen LogP contribution in [0.25, 0.3) is 6.08 Å². The van der Waals surface area contributed by atoms with Gasteiger partial charge in [-0.05, 0) is 35.9 Å². The van der Waals surface area contributed by atoms with E-state index in [0.717, 1.165) is 22.2 Å². The number of hydrogen-bond donors (Lipinski definition) is 0. The maximum Gasteiger partial charge on any atom is 0.266 e. The van der Waals surface area contributed by atoms with E-state index in [-0.39, 0.29) is 16.4 Å². The molecule has 0 saturated carbocycles. The molecular formula is C22H15FN2O3S2. The summed E-state index contributed by atoms with van der Waals surface area (Å²) in [5, 5.41) is 0. The number of rotatable bonds is 4. The zero-order chi connectivity index (χ0) is 21.3. The number of hydrogen-bond acceptors (Lipinski definition) is 5. The van der Waals surface area contributed by atoms with Gasteiger partial charge in [0.1, 0.15) is 16.2 Å². The molecule has 3 amide bonds. The number of halogens is 1. The number of anilines is 1. The lowest BCUT2D eigenvalue weighted by Crippen LogP contribution is -2.44. The van der Waals surface area contributed by atoms with Gasteiger partial charge in [-0.1, -0.05) is 66.5 Å². The Morgan fingerprint density at radius 2 is 1.73 bits per heavy atom. The molecule has 1 unspecified atom stereocenters. The van der Waals surface area contributed by atoms with Crippen molar-refractivity contribution in [3.63, 3.8) is 0 Å². The SMILES string of the molecule is O=C1CC(N2C(=O)C(=CC=Cc3ccccc3)SC2=S)C(=O)N1c1ccc(F)cc1. The van der Waals surface area contributed by atoms with Crippen LogP contribution >= 0.6 is 24.0 Å². The molecule has 1 atom stereocenters. The molecule has 30 heavy (non-hydrogen) atoms. The third kappa shape index (κ3) is 3.83. The van der Waals surface area contributed by atoms with Gasteiger partial charge < -0.3 is 0 Å². The van der Waals surface area contributed by atoms with E-state index in [1.807, 2.05) is 36.4 Å². The lowest BCUT2D eigenvalue weighted by atomic mass is 10.2. The first kappa shape index (κ1) is 20.2. The Morgan fingerprint density at radius 1 is 1.03 bits per heavy atom. The minimum absolute atomic E-state index is 0.171. The fraction of sp³-hybridized carbons (Fsp3) is 0.0909. The molecule has 5 nitrogen and oxygen atoms in total. The van der Waals surface area contributed by atoms with Crippen LogP contribution in [-0.4, -0.2) is 33.0 Å².